The second-order valence-corrected chi connectivity index (χ2v) is 8.04. The van der Waals surface area contributed by atoms with Crippen LogP contribution in [0, 0.1) is 0 Å². The molecule has 1 saturated heterocycles. The first-order valence-corrected chi connectivity index (χ1v) is 10.00. The van der Waals surface area contributed by atoms with Gasteiger partial charge in [0.1, 0.15) is 0 Å². The molecule has 2 aromatic carbocycles. The van der Waals surface area contributed by atoms with E-state index < -0.39 is 11.2 Å². The highest BCUT2D eigenvalue weighted by atomic mass is 35.5. The summed E-state index contributed by atoms with van der Waals surface area (Å²) in [6.45, 7) is 0. The van der Waals surface area contributed by atoms with Crippen LogP contribution in [0.15, 0.2) is 53.4 Å². The Morgan fingerprint density at radius 2 is 1.86 bits per heavy atom. The summed E-state index contributed by atoms with van der Waals surface area (Å²) in [4.78, 5) is 49.2. The van der Waals surface area contributed by atoms with Crippen LogP contribution in [-0.2, 0) is 19.2 Å². The number of imide groups is 1. The first kappa shape index (κ1) is 20.9. The maximum absolute atomic E-state index is 12.7. The molecule has 3 rings (SSSR count). The number of nitrogens with zero attached hydrogens (tertiary/aromatic N) is 1. The van der Waals surface area contributed by atoms with Gasteiger partial charge in [-0.05, 0) is 42.5 Å². The molecule has 3 amide bonds. The number of hydrogen-bond donors (Lipinski definition) is 2. The zero-order chi connectivity index (χ0) is 21.0. The number of amides is 3. The number of benzene rings is 2. The monoisotopic (exact) mass is 432 g/mol. The SMILES string of the molecule is O=C(O)CCC(=O)Nc1ccc(SC2CC(=O)N(c3cccc(Cl)c3)C2=O)cc1. The zero-order valence-corrected chi connectivity index (χ0v) is 16.7. The largest absolute Gasteiger partial charge is 0.481 e. The number of hydrogen-bond acceptors (Lipinski definition) is 5. The number of carbonyl (C=O) groups excluding carboxylic acids is 3. The summed E-state index contributed by atoms with van der Waals surface area (Å²) in [6.07, 6.45) is -0.256. The van der Waals surface area contributed by atoms with Crippen molar-refractivity contribution in [2.24, 2.45) is 0 Å². The van der Waals surface area contributed by atoms with Crippen molar-refractivity contribution in [3.8, 4) is 0 Å². The van der Waals surface area contributed by atoms with Gasteiger partial charge in [0.05, 0.1) is 17.4 Å². The molecular formula is C20H17ClN2O5S. The van der Waals surface area contributed by atoms with Crippen molar-refractivity contribution in [1.29, 1.82) is 0 Å². The molecule has 2 N–H and O–H groups in total. The van der Waals surface area contributed by atoms with Gasteiger partial charge in [0.15, 0.2) is 0 Å². The van der Waals surface area contributed by atoms with Gasteiger partial charge in [-0.25, -0.2) is 4.90 Å². The van der Waals surface area contributed by atoms with E-state index in [1.165, 1.54) is 11.8 Å². The minimum absolute atomic E-state index is 0.0870. The highest BCUT2D eigenvalue weighted by Crippen LogP contribution is 2.35. The van der Waals surface area contributed by atoms with E-state index in [1.54, 1.807) is 48.5 Å². The molecule has 29 heavy (non-hydrogen) atoms. The van der Waals surface area contributed by atoms with Crippen molar-refractivity contribution >= 4 is 58.4 Å². The molecule has 0 bridgehead atoms. The van der Waals surface area contributed by atoms with E-state index >= 15 is 0 Å². The van der Waals surface area contributed by atoms with Crippen LogP contribution < -0.4 is 10.2 Å². The average Bonchev–Trinajstić information content (AvgIpc) is 2.95. The molecule has 0 spiro atoms. The molecule has 1 heterocycles. The molecule has 1 aliphatic rings. The van der Waals surface area contributed by atoms with Gasteiger partial charge >= 0.3 is 5.97 Å². The molecule has 2 aromatic rings. The molecule has 0 radical (unpaired) electrons. The molecular weight excluding hydrogens is 416 g/mol. The van der Waals surface area contributed by atoms with Crippen LogP contribution in [0.5, 0.6) is 0 Å². The lowest BCUT2D eigenvalue weighted by molar-refractivity contribution is -0.138. The Morgan fingerprint density at radius 3 is 2.52 bits per heavy atom. The first-order valence-electron chi connectivity index (χ1n) is 8.74. The molecule has 1 atom stereocenters. The van der Waals surface area contributed by atoms with Crippen molar-refractivity contribution in [3.63, 3.8) is 0 Å². The first-order chi connectivity index (χ1) is 13.8. The maximum atomic E-state index is 12.7. The van der Waals surface area contributed by atoms with Crippen molar-refractivity contribution < 1.29 is 24.3 Å². The Hall–Kier alpha value is -2.84. The fourth-order valence-corrected chi connectivity index (χ4v) is 4.05. The van der Waals surface area contributed by atoms with Crippen LogP contribution in [0.25, 0.3) is 0 Å². The Labute approximate surface area is 176 Å². The van der Waals surface area contributed by atoms with Crippen molar-refractivity contribution in [2.45, 2.75) is 29.4 Å². The summed E-state index contributed by atoms with van der Waals surface area (Å²) < 4.78 is 0. The van der Waals surface area contributed by atoms with Crippen LogP contribution in [0.1, 0.15) is 19.3 Å². The van der Waals surface area contributed by atoms with Gasteiger partial charge < -0.3 is 10.4 Å². The Balaban J connectivity index is 1.62. The van der Waals surface area contributed by atoms with E-state index in [2.05, 4.69) is 5.32 Å². The van der Waals surface area contributed by atoms with E-state index in [0.29, 0.717) is 16.4 Å². The lowest BCUT2D eigenvalue weighted by Crippen LogP contribution is -2.31. The quantitative estimate of drug-likeness (QED) is 0.648. The number of rotatable bonds is 7. The number of halogens is 1. The maximum Gasteiger partial charge on any atom is 0.303 e. The van der Waals surface area contributed by atoms with Crippen molar-refractivity contribution in [3.05, 3.63) is 53.6 Å². The molecule has 1 unspecified atom stereocenters. The van der Waals surface area contributed by atoms with E-state index in [-0.39, 0.29) is 37.0 Å². The van der Waals surface area contributed by atoms with Gasteiger partial charge in [0.25, 0.3) is 0 Å². The normalized spacial score (nSPS) is 16.2. The molecule has 150 valence electrons. The molecule has 7 nitrogen and oxygen atoms in total. The van der Waals surface area contributed by atoms with Gasteiger partial charge in [-0.3, -0.25) is 19.2 Å². The predicted octanol–water partition coefficient (Wildman–Crippen LogP) is 3.57. The molecule has 0 saturated carbocycles. The minimum atomic E-state index is -1.03. The summed E-state index contributed by atoms with van der Waals surface area (Å²) >= 11 is 7.23. The second-order valence-electron chi connectivity index (χ2n) is 6.32. The summed E-state index contributed by atoms with van der Waals surface area (Å²) in [6, 6.07) is 13.4. The van der Waals surface area contributed by atoms with Gasteiger partial charge in [-0.15, -0.1) is 11.8 Å². The lowest BCUT2D eigenvalue weighted by Gasteiger charge is -2.15. The van der Waals surface area contributed by atoms with Crippen LogP contribution in [0.3, 0.4) is 0 Å². The fourth-order valence-electron chi connectivity index (χ4n) is 2.81. The molecule has 0 aromatic heterocycles. The number of nitrogens with one attached hydrogen (secondary N) is 1. The fraction of sp³-hybridized carbons (Fsp3) is 0.200. The number of aliphatic carboxylic acids is 1. The Morgan fingerprint density at radius 1 is 1.14 bits per heavy atom. The molecule has 0 aliphatic carbocycles. The second kappa shape index (κ2) is 9.11. The number of carbonyl (C=O) groups is 4. The number of anilines is 2. The van der Waals surface area contributed by atoms with Crippen molar-refractivity contribution in [2.75, 3.05) is 10.2 Å². The Kier molecular flexibility index (Phi) is 6.56. The van der Waals surface area contributed by atoms with Crippen LogP contribution in [0.2, 0.25) is 5.02 Å². The third-order valence-corrected chi connectivity index (χ3v) is 5.59. The third kappa shape index (κ3) is 5.36. The molecule has 9 heteroatoms. The summed E-state index contributed by atoms with van der Waals surface area (Å²) in [7, 11) is 0. The number of carboxylic acid groups (broad SMARTS) is 1. The molecule has 1 fully saturated rings. The summed E-state index contributed by atoms with van der Waals surface area (Å²) in [5.41, 5.74) is 0.981. The van der Waals surface area contributed by atoms with Gasteiger partial charge in [0, 0.05) is 28.4 Å². The number of thioether (sulfide) groups is 1. The zero-order valence-electron chi connectivity index (χ0n) is 15.1. The van der Waals surface area contributed by atoms with E-state index in [1.807, 2.05) is 0 Å². The van der Waals surface area contributed by atoms with Crippen molar-refractivity contribution in [1.82, 2.24) is 0 Å². The van der Waals surface area contributed by atoms with E-state index in [9.17, 15) is 19.2 Å². The van der Waals surface area contributed by atoms with Gasteiger partial charge in [0.2, 0.25) is 17.7 Å². The average molecular weight is 433 g/mol. The lowest BCUT2D eigenvalue weighted by atomic mass is 10.2. The summed E-state index contributed by atoms with van der Waals surface area (Å²) in [5.74, 6) is -2.00. The van der Waals surface area contributed by atoms with Crippen LogP contribution in [-0.4, -0.2) is 34.0 Å². The smallest absolute Gasteiger partial charge is 0.303 e. The highest BCUT2D eigenvalue weighted by Gasteiger charge is 2.40. The van der Waals surface area contributed by atoms with E-state index in [4.69, 9.17) is 16.7 Å². The highest BCUT2D eigenvalue weighted by molar-refractivity contribution is 8.00. The Bertz CT molecular complexity index is 964. The molecule has 1 aliphatic heterocycles. The topological polar surface area (TPSA) is 104 Å². The van der Waals surface area contributed by atoms with Crippen LogP contribution in [0.4, 0.5) is 11.4 Å². The predicted molar refractivity (Wildman–Crippen MR) is 110 cm³/mol. The van der Waals surface area contributed by atoms with Crippen LogP contribution >= 0.6 is 23.4 Å². The standard InChI is InChI=1S/C20H17ClN2O5S/c21-12-2-1-3-14(10-12)23-18(25)11-16(20(23)28)29-15-6-4-13(5-7-15)22-17(24)8-9-19(26)27/h1-7,10,16H,8-9,11H2,(H,22,24)(H,26,27). The summed E-state index contributed by atoms with van der Waals surface area (Å²) in [5, 5.41) is 11.1. The van der Waals surface area contributed by atoms with Gasteiger partial charge in [-0.2, -0.15) is 0 Å². The van der Waals surface area contributed by atoms with E-state index in [0.717, 1.165) is 9.80 Å². The number of carboxylic acids is 1. The third-order valence-electron chi connectivity index (χ3n) is 4.15. The minimum Gasteiger partial charge on any atom is -0.481 e. The van der Waals surface area contributed by atoms with Gasteiger partial charge in [-0.1, -0.05) is 17.7 Å².